The van der Waals surface area contributed by atoms with Gasteiger partial charge in [-0.2, -0.15) is 0 Å². The first-order valence-electron chi connectivity index (χ1n) is 9.38. The molecule has 0 aromatic heterocycles. The third-order valence-corrected chi connectivity index (χ3v) is 4.51. The molecular formula is C28H20. The van der Waals surface area contributed by atoms with Gasteiger partial charge in [-0.25, -0.2) is 0 Å². The van der Waals surface area contributed by atoms with E-state index in [1.807, 2.05) is 60.7 Å². The van der Waals surface area contributed by atoms with E-state index < -0.39 is 0 Å². The predicted octanol–water partition coefficient (Wildman–Crippen LogP) is 7.08. The molecule has 0 fully saturated rings. The molecule has 5 rings (SSSR count). The fourth-order valence-corrected chi connectivity index (χ4v) is 3.07. The second kappa shape index (κ2) is 8.71. The standard InChI is InChI=1S/2C14H10/c1-2-6-12-10-14-8-4-3-7-13(14)9-11(12)5-1;1-3-7-13(8-4-1)11-12-14-9-5-2-6-10-14/h2*1-10H. The molecule has 0 saturated carbocycles. The van der Waals surface area contributed by atoms with Gasteiger partial charge in [0.25, 0.3) is 0 Å². The summed E-state index contributed by atoms with van der Waals surface area (Å²) in [5.74, 6) is 6.22. The number of hydrogen-bond acceptors (Lipinski definition) is 0. The van der Waals surface area contributed by atoms with E-state index in [1.165, 1.54) is 21.5 Å². The highest BCUT2D eigenvalue weighted by Gasteiger charge is 1.95. The Morgan fingerprint density at radius 1 is 0.321 bits per heavy atom. The highest BCUT2D eigenvalue weighted by atomic mass is 14.0. The zero-order chi connectivity index (χ0) is 19.0. The third-order valence-electron chi connectivity index (χ3n) is 4.51. The van der Waals surface area contributed by atoms with Gasteiger partial charge < -0.3 is 0 Å². The lowest BCUT2D eigenvalue weighted by Crippen LogP contribution is -1.74. The topological polar surface area (TPSA) is 0 Å². The van der Waals surface area contributed by atoms with Gasteiger partial charge in [0.05, 0.1) is 0 Å². The van der Waals surface area contributed by atoms with Crippen molar-refractivity contribution in [3.8, 4) is 11.8 Å². The maximum atomic E-state index is 3.11. The molecule has 0 spiro atoms. The van der Waals surface area contributed by atoms with Gasteiger partial charge in [-0.1, -0.05) is 96.8 Å². The van der Waals surface area contributed by atoms with Crippen LogP contribution in [0, 0.1) is 11.8 Å². The van der Waals surface area contributed by atoms with Crippen molar-refractivity contribution in [3.05, 3.63) is 132 Å². The fourth-order valence-electron chi connectivity index (χ4n) is 3.07. The normalized spacial score (nSPS) is 9.86. The Hall–Kier alpha value is -3.82. The highest BCUT2D eigenvalue weighted by Crippen LogP contribution is 2.22. The maximum Gasteiger partial charge on any atom is 0.0249 e. The number of rotatable bonds is 0. The molecule has 0 amide bonds. The summed E-state index contributed by atoms with van der Waals surface area (Å²) in [4.78, 5) is 0. The summed E-state index contributed by atoms with van der Waals surface area (Å²) >= 11 is 0. The van der Waals surface area contributed by atoms with E-state index in [-0.39, 0.29) is 0 Å². The molecule has 0 aliphatic rings. The second-order valence-corrected chi connectivity index (χ2v) is 6.53. The maximum absolute atomic E-state index is 3.11. The molecule has 0 saturated heterocycles. The van der Waals surface area contributed by atoms with Crippen LogP contribution in [0.2, 0.25) is 0 Å². The molecule has 5 aromatic rings. The van der Waals surface area contributed by atoms with Crippen LogP contribution in [0.25, 0.3) is 21.5 Å². The SMILES string of the molecule is C(#Cc1ccccc1)c1ccccc1.c1ccc2cc3ccccc3cc2c1. The average molecular weight is 356 g/mol. The smallest absolute Gasteiger partial charge is 0.0249 e. The summed E-state index contributed by atoms with van der Waals surface area (Å²) in [5, 5.41) is 5.25. The number of fused-ring (bicyclic) bond motifs is 2. The molecule has 0 N–H and O–H groups in total. The fraction of sp³-hybridized carbons (Fsp3) is 0. The zero-order valence-corrected chi connectivity index (χ0v) is 15.5. The summed E-state index contributed by atoms with van der Waals surface area (Å²) in [6, 6.07) is 41.4. The van der Waals surface area contributed by atoms with Gasteiger partial charge in [0.1, 0.15) is 0 Å². The summed E-state index contributed by atoms with van der Waals surface area (Å²) < 4.78 is 0. The first-order chi connectivity index (χ1) is 13.9. The first kappa shape index (κ1) is 17.6. The minimum absolute atomic E-state index is 1.05. The molecule has 0 heteroatoms. The lowest BCUT2D eigenvalue weighted by molar-refractivity contribution is 1.62. The van der Waals surface area contributed by atoms with Crippen LogP contribution in [-0.2, 0) is 0 Å². The molecule has 0 aliphatic heterocycles. The molecule has 0 radical (unpaired) electrons. The van der Waals surface area contributed by atoms with Gasteiger partial charge in [-0.3, -0.25) is 0 Å². The summed E-state index contributed by atoms with van der Waals surface area (Å²) in [7, 11) is 0. The van der Waals surface area contributed by atoms with Crippen molar-refractivity contribution in [2.24, 2.45) is 0 Å². The Morgan fingerprint density at radius 2 is 0.607 bits per heavy atom. The minimum Gasteiger partial charge on any atom is -0.0622 e. The highest BCUT2D eigenvalue weighted by molar-refractivity contribution is 5.98. The molecule has 0 aliphatic carbocycles. The largest absolute Gasteiger partial charge is 0.0622 e. The quantitative estimate of drug-likeness (QED) is 0.205. The van der Waals surface area contributed by atoms with Crippen LogP contribution in [0.15, 0.2) is 121 Å². The second-order valence-electron chi connectivity index (χ2n) is 6.53. The Kier molecular flexibility index (Phi) is 5.47. The van der Waals surface area contributed by atoms with Crippen molar-refractivity contribution in [1.82, 2.24) is 0 Å². The Balaban J connectivity index is 0.000000137. The molecule has 132 valence electrons. The van der Waals surface area contributed by atoms with Crippen LogP contribution in [0.5, 0.6) is 0 Å². The van der Waals surface area contributed by atoms with Crippen LogP contribution >= 0.6 is 0 Å². The monoisotopic (exact) mass is 356 g/mol. The van der Waals surface area contributed by atoms with Crippen molar-refractivity contribution in [2.45, 2.75) is 0 Å². The van der Waals surface area contributed by atoms with Gasteiger partial charge in [-0.05, 0) is 57.9 Å². The molecule has 5 aromatic carbocycles. The molecule has 0 heterocycles. The average Bonchev–Trinajstić information content (AvgIpc) is 2.78. The summed E-state index contributed by atoms with van der Waals surface area (Å²) in [6.45, 7) is 0. The molecule has 0 nitrogen and oxygen atoms in total. The van der Waals surface area contributed by atoms with E-state index in [0.717, 1.165) is 11.1 Å². The first-order valence-corrected chi connectivity index (χ1v) is 9.38. The minimum atomic E-state index is 1.05. The Morgan fingerprint density at radius 3 is 0.929 bits per heavy atom. The van der Waals surface area contributed by atoms with Crippen LogP contribution < -0.4 is 0 Å². The molecule has 0 atom stereocenters. The van der Waals surface area contributed by atoms with Gasteiger partial charge in [0.15, 0.2) is 0 Å². The van der Waals surface area contributed by atoms with E-state index in [4.69, 9.17) is 0 Å². The van der Waals surface area contributed by atoms with E-state index in [2.05, 4.69) is 72.5 Å². The van der Waals surface area contributed by atoms with Crippen molar-refractivity contribution in [2.75, 3.05) is 0 Å². The van der Waals surface area contributed by atoms with E-state index >= 15 is 0 Å². The lowest BCUT2D eigenvalue weighted by Gasteiger charge is -2.00. The summed E-state index contributed by atoms with van der Waals surface area (Å²) in [6.07, 6.45) is 0. The van der Waals surface area contributed by atoms with Crippen molar-refractivity contribution in [1.29, 1.82) is 0 Å². The van der Waals surface area contributed by atoms with E-state index in [1.54, 1.807) is 0 Å². The molecular weight excluding hydrogens is 336 g/mol. The predicted molar refractivity (Wildman–Crippen MR) is 120 cm³/mol. The Labute approximate surface area is 166 Å². The third kappa shape index (κ3) is 4.47. The van der Waals surface area contributed by atoms with E-state index in [9.17, 15) is 0 Å². The molecule has 0 unspecified atom stereocenters. The van der Waals surface area contributed by atoms with E-state index in [0.29, 0.717) is 0 Å². The van der Waals surface area contributed by atoms with Gasteiger partial charge in [0, 0.05) is 11.1 Å². The van der Waals surface area contributed by atoms with Crippen molar-refractivity contribution in [3.63, 3.8) is 0 Å². The molecule has 28 heavy (non-hydrogen) atoms. The van der Waals surface area contributed by atoms with Gasteiger partial charge in [0.2, 0.25) is 0 Å². The summed E-state index contributed by atoms with van der Waals surface area (Å²) in [5.41, 5.74) is 2.10. The Bertz CT molecular complexity index is 1090. The van der Waals surface area contributed by atoms with Crippen LogP contribution in [-0.4, -0.2) is 0 Å². The van der Waals surface area contributed by atoms with Crippen molar-refractivity contribution >= 4 is 21.5 Å². The van der Waals surface area contributed by atoms with Crippen LogP contribution in [0.3, 0.4) is 0 Å². The number of benzene rings is 5. The van der Waals surface area contributed by atoms with Crippen LogP contribution in [0.4, 0.5) is 0 Å². The van der Waals surface area contributed by atoms with Gasteiger partial charge >= 0.3 is 0 Å². The lowest BCUT2D eigenvalue weighted by atomic mass is 10.0. The number of hydrogen-bond donors (Lipinski definition) is 0. The van der Waals surface area contributed by atoms with Crippen molar-refractivity contribution < 1.29 is 0 Å². The zero-order valence-electron chi connectivity index (χ0n) is 15.5. The van der Waals surface area contributed by atoms with Gasteiger partial charge in [-0.15, -0.1) is 0 Å². The molecule has 0 bridgehead atoms. The van der Waals surface area contributed by atoms with Crippen LogP contribution in [0.1, 0.15) is 11.1 Å².